The number of hydrogen-bond acceptors (Lipinski definition) is 5. The average Bonchev–Trinajstić information content (AvgIpc) is 2.62. The number of carbonyl (C=O) groups excluding carboxylic acids is 3. The van der Waals surface area contributed by atoms with Gasteiger partial charge in [-0.2, -0.15) is 0 Å². The molecule has 0 aliphatic heterocycles. The summed E-state index contributed by atoms with van der Waals surface area (Å²) in [4.78, 5) is 35.0. The van der Waals surface area contributed by atoms with Gasteiger partial charge in [0.15, 0.2) is 6.61 Å². The molecule has 0 aliphatic rings. The highest BCUT2D eigenvalue weighted by atomic mass is 16.5. The summed E-state index contributed by atoms with van der Waals surface area (Å²) >= 11 is 0. The lowest BCUT2D eigenvalue weighted by molar-refractivity contribution is -0.121. The van der Waals surface area contributed by atoms with Gasteiger partial charge < -0.3 is 14.8 Å². The van der Waals surface area contributed by atoms with Crippen molar-refractivity contribution in [1.29, 1.82) is 0 Å². The minimum atomic E-state index is -0.636. The quantitative estimate of drug-likeness (QED) is 0.804. The van der Waals surface area contributed by atoms with Gasteiger partial charge in [0.05, 0.1) is 12.7 Å². The van der Waals surface area contributed by atoms with Crippen molar-refractivity contribution in [2.24, 2.45) is 0 Å². The van der Waals surface area contributed by atoms with Crippen LogP contribution >= 0.6 is 0 Å². The summed E-state index contributed by atoms with van der Waals surface area (Å²) in [6.07, 6.45) is 0. The van der Waals surface area contributed by atoms with Crippen LogP contribution in [-0.4, -0.2) is 31.6 Å². The van der Waals surface area contributed by atoms with E-state index >= 15 is 0 Å². The maximum Gasteiger partial charge on any atom is 0.337 e. The van der Waals surface area contributed by atoms with Crippen molar-refractivity contribution in [2.75, 3.05) is 19.0 Å². The van der Waals surface area contributed by atoms with E-state index in [0.29, 0.717) is 17.0 Å². The third kappa shape index (κ3) is 5.34. The van der Waals surface area contributed by atoms with Crippen LogP contribution in [0.15, 0.2) is 42.5 Å². The fourth-order valence-electron chi connectivity index (χ4n) is 2.10. The van der Waals surface area contributed by atoms with Crippen LogP contribution in [0.5, 0.6) is 5.75 Å². The first-order valence-electron chi connectivity index (χ1n) is 7.88. The van der Waals surface area contributed by atoms with Crippen LogP contribution in [0, 0.1) is 13.8 Å². The van der Waals surface area contributed by atoms with E-state index in [2.05, 4.69) is 15.4 Å². The number of methoxy groups -OCH3 is 1. The van der Waals surface area contributed by atoms with E-state index < -0.39 is 17.9 Å². The maximum atomic E-state index is 11.8. The van der Waals surface area contributed by atoms with Gasteiger partial charge in [-0.25, -0.2) is 9.59 Å². The van der Waals surface area contributed by atoms with E-state index in [-0.39, 0.29) is 6.61 Å². The normalized spacial score (nSPS) is 9.96. The summed E-state index contributed by atoms with van der Waals surface area (Å²) in [5.74, 6) is -0.664. The van der Waals surface area contributed by atoms with Crippen molar-refractivity contribution in [3.8, 4) is 5.75 Å². The third-order valence-electron chi connectivity index (χ3n) is 3.66. The number of esters is 1. The predicted octanol–water partition coefficient (Wildman–Crippen LogP) is 2.82. The largest absolute Gasteiger partial charge is 0.484 e. The number of amides is 3. The molecule has 0 aliphatic carbocycles. The molecule has 136 valence electrons. The molecule has 0 heterocycles. The second-order valence-electron chi connectivity index (χ2n) is 5.61. The lowest BCUT2D eigenvalue weighted by Gasteiger charge is -2.09. The Morgan fingerprint density at radius 3 is 2.27 bits per heavy atom. The number of benzene rings is 2. The number of ether oxygens (including phenoxy) is 2. The molecular formula is C19H20N2O5. The zero-order chi connectivity index (χ0) is 19.1. The zero-order valence-electron chi connectivity index (χ0n) is 14.8. The smallest absolute Gasteiger partial charge is 0.337 e. The molecule has 0 fully saturated rings. The lowest BCUT2D eigenvalue weighted by Crippen LogP contribution is -2.37. The van der Waals surface area contributed by atoms with E-state index in [9.17, 15) is 14.4 Å². The van der Waals surface area contributed by atoms with Crippen LogP contribution in [0.1, 0.15) is 21.5 Å². The molecule has 2 rings (SSSR count). The predicted molar refractivity (Wildman–Crippen MR) is 96.4 cm³/mol. The molecule has 0 aromatic heterocycles. The Kier molecular flexibility index (Phi) is 6.32. The van der Waals surface area contributed by atoms with Crippen molar-refractivity contribution in [3.63, 3.8) is 0 Å². The maximum absolute atomic E-state index is 11.8. The first kappa shape index (κ1) is 19.0. The van der Waals surface area contributed by atoms with Gasteiger partial charge in [0.1, 0.15) is 5.75 Å². The highest BCUT2D eigenvalue weighted by molar-refractivity contribution is 6.01. The second kappa shape index (κ2) is 8.66. The van der Waals surface area contributed by atoms with Gasteiger partial charge >= 0.3 is 12.0 Å². The topological polar surface area (TPSA) is 93.7 Å². The minimum absolute atomic E-state index is 0.335. The van der Waals surface area contributed by atoms with Crippen LogP contribution in [-0.2, 0) is 9.53 Å². The third-order valence-corrected chi connectivity index (χ3v) is 3.66. The fourth-order valence-corrected chi connectivity index (χ4v) is 2.10. The SMILES string of the molecule is COC(=O)c1ccc(OCC(=O)NC(=O)Nc2ccc(C)c(C)c2)cc1. The molecule has 0 radical (unpaired) electrons. The van der Waals surface area contributed by atoms with Crippen LogP contribution in [0.2, 0.25) is 0 Å². The van der Waals surface area contributed by atoms with Crippen molar-refractivity contribution in [3.05, 3.63) is 59.2 Å². The lowest BCUT2D eigenvalue weighted by atomic mass is 10.1. The summed E-state index contributed by atoms with van der Waals surface area (Å²) in [6, 6.07) is 10.9. The summed E-state index contributed by atoms with van der Waals surface area (Å²) in [5.41, 5.74) is 3.11. The number of rotatable bonds is 5. The van der Waals surface area contributed by atoms with Crippen molar-refractivity contribution in [2.45, 2.75) is 13.8 Å². The summed E-state index contributed by atoms with van der Waals surface area (Å²) in [7, 11) is 1.29. The highest BCUT2D eigenvalue weighted by Gasteiger charge is 2.10. The van der Waals surface area contributed by atoms with Crippen LogP contribution < -0.4 is 15.4 Å². The molecule has 3 amide bonds. The molecule has 0 spiro atoms. The van der Waals surface area contributed by atoms with Gasteiger partial charge in [0, 0.05) is 5.69 Å². The van der Waals surface area contributed by atoms with E-state index in [1.54, 1.807) is 6.07 Å². The standard InChI is InChI=1S/C19H20N2O5/c1-12-4-7-15(10-13(12)2)20-19(24)21-17(22)11-26-16-8-5-14(6-9-16)18(23)25-3/h4-10H,11H2,1-3H3,(H2,20,21,22,24). The molecule has 2 aromatic carbocycles. The Morgan fingerprint density at radius 1 is 0.962 bits per heavy atom. The first-order valence-corrected chi connectivity index (χ1v) is 7.88. The van der Waals surface area contributed by atoms with Gasteiger partial charge in [-0.15, -0.1) is 0 Å². The number of nitrogens with one attached hydrogen (secondary N) is 2. The Morgan fingerprint density at radius 2 is 1.65 bits per heavy atom. The zero-order valence-corrected chi connectivity index (χ0v) is 14.8. The molecule has 2 aromatic rings. The number of urea groups is 1. The van der Waals surface area contributed by atoms with E-state index in [1.807, 2.05) is 26.0 Å². The number of anilines is 1. The molecule has 2 N–H and O–H groups in total. The monoisotopic (exact) mass is 356 g/mol. The minimum Gasteiger partial charge on any atom is -0.484 e. The number of imide groups is 1. The highest BCUT2D eigenvalue weighted by Crippen LogP contribution is 2.14. The first-order chi connectivity index (χ1) is 12.4. The number of aryl methyl sites for hydroxylation is 2. The van der Waals surface area contributed by atoms with Gasteiger partial charge in [-0.3, -0.25) is 10.1 Å². The Labute approximate surface area is 151 Å². The fraction of sp³-hybridized carbons (Fsp3) is 0.211. The van der Waals surface area contributed by atoms with Crippen molar-refractivity contribution >= 4 is 23.6 Å². The number of carbonyl (C=O) groups is 3. The molecule has 0 unspecified atom stereocenters. The molecule has 7 heteroatoms. The Balaban J connectivity index is 1.81. The van der Waals surface area contributed by atoms with E-state index in [4.69, 9.17) is 4.74 Å². The van der Waals surface area contributed by atoms with E-state index in [1.165, 1.54) is 31.4 Å². The Bertz CT molecular complexity index is 815. The van der Waals surface area contributed by atoms with Crippen molar-refractivity contribution in [1.82, 2.24) is 5.32 Å². The molecule has 0 bridgehead atoms. The summed E-state index contributed by atoms with van der Waals surface area (Å²) in [6.45, 7) is 3.57. The second-order valence-corrected chi connectivity index (χ2v) is 5.61. The van der Waals surface area contributed by atoms with Gasteiger partial charge in [0.2, 0.25) is 0 Å². The van der Waals surface area contributed by atoms with Crippen LogP contribution in [0.4, 0.5) is 10.5 Å². The summed E-state index contributed by atoms with van der Waals surface area (Å²) < 4.78 is 9.87. The molecule has 0 saturated carbocycles. The molecule has 7 nitrogen and oxygen atoms in total. The van der Waals surface area contributed by atoms with E-state index in [0.717, 1.165) is 11.1 Å². The molecule has 0 saturated heterocycles. The van der Waals surface area contributed by atoms with Crippen LogP contribution in [0.25, 0.3) is 0 Å². The summed E-state index contributed by atoms with van der Waals surface area (Å²) in [5, 5.41) is 4.77. The molecular weight excluding hydrogens is 336 g/mol. The molecule has 0 atom stereocenters. The van der Waals surface area contributed by atoms with Crippen LogP contribution in [0.3, 0.4) is 0 Å². The average molecular weight is 356 g/mol. The van der Waals surface area contributed by atoms with Gasteiger partial charge in [-0.1, -0.05) is 6.07 Å². The molecule has 26 heavy (non-hydrogen) atoms. The Hall–Kier alpha value is -3.35. The van der Waals surface area contributed by atoms with Gasteiger partial charge in [0.25, 0.3) is 5.91 Å². The van der Waals surface area contributed by atoms with Gasteiger partial charge in [-0.05, 0) is 61.4 Å². The van der Waals surface area contributed by atoms with Crippen molar-refractivity contribution < 1.29 is 23.9 Å². The number of hydrogen-bond donors (Lipinski definition) is 2.